The first-order chi connectivity index (χ1) is 7.62. The summed E-state index contributed by atoms with van der Waals surface area (Å²) in [5.74, 6) is 1.15. The summed E-state index contributed by atoms with van der Waals surface area (Å²) in [5, 5.41) is 9.37. The van der Waals surface area contributed by atoms with Crippen LogP contribution in [0.4, 0.5) is 0 Å². The molecule has 0 fully saturated rings. The van der Waals surface area contributed by atoms with Gasteiger partial charge in [-0.2, -0.15) is 5.26 Å². The minimum absolute atomic E-state index is 0.0982. The minimum Gasteiger partial charge on any atom is -0.288 e. The van der Waals surface area contributed by atoms with Gasteiger partial charge in [-0.15, -0.1) is 0 Å². The van der Waals surface area contributed by atoms with Crippen LogP contribution in [0.25, 0.3) is 0 Å². The smallest absolute Gasteiger partial charge is 0.101 e. The summed E-state index contributed by atoms with van der Waals surface area (Å²) in [5.41, 5.74) is 1.45. The molecule has 0 bridgehead atoms. The van der Waals surface area contributed by atoms with E-state index in [-0.39, 0.29) is 6.04 Å². The molecule has 0 heterocycles. The van der Waals surface area contributed by atoms with Crippen LogP contribution in [0.1, 0.15) is 40.5 Å². The van der Waals surface area contributed by atoms with Crippen LogP contribution in [0.5, 0.6) is 0 Å². The van der Waals surface area contributed by atoms with Crippen molar-refractivity contribution in [1.29, 1.82) is 5.26 Å². The van der Waals surface area contributed by atoms with Gasteiger partial charge in [-0.05, 0) is 44.7 Å². The Morgan fingerprint density at radius 2 is 2.12 bits per heavy atom. The van der Waals surface area contributed by atoms with E-state index in [1.807, 2.05) is 0 Å². The molecule has 2 heteroatoms. The lowest BCUT2D eigenvalue weighted by Crippen LogP contribution is -2.40. The predicted octanol–water partition coefficient (Wildman–Crippen LogP) is 3.21. The highest BCUT2D eigenvalue weighted by Gasteiger charge is 2.29. The Kier molecular flexibility index (Phi) is 5.02. The third-order valence-electron chi connectivity index (χ3n) is 3.61. The van der Waals surface area contributed by atoms with Crippen molar-refractivity contribution in [2.45, 2.75) is 46.6 Å². The average Bonchev–Trinajstić information content (AvgIpc) is 2.24. The summed E-state index contributed by atoms with van der Waals surface area (Å²) in [4.78, 5) is 2.29. The highest BCUT2D eigenvalue weighted by molar-refractivity contribution is 5.11. The van der Waals surface area contributed by atoms with Gasteiger partial charge in [0.1, 0.15) is 6.04 Å². The Morgan fingerprint density at radius 1 is 1.50 bits per heavy atom. The summed E-state index contributed by atoms with van der Waals surface area (Å²) >= 11 is 0. The van der Waals surface area contributed by atoms with E-state index in [4.69, 9.17) is 0 Å². The van der Waals surface area contributed by atoms with Gasteiger partial charge in [-0.25, -0.2) is 0 Å². The first kappa shape index (κ1) is 13.3. The van der Waals surface area contributed by atoms with Crippen molar-refractivity contribution in [3.63, 3.8) is 0 Å². The topological polar surface area (TPSA) is 27.0 Å². The second kappa shape index (κ2) is 6.06. The van der Waals surface area contributed by atoms with Crippen LogP contribution < -0.4 is 0 Å². The third kappa shape index (κ3) is 3.09. The standard InChI is InChI=1S/C14H24N2/c1-5-16(6-2)14(10-15)13-8-11(3)7-12(4)9-13/h7,11,13-14H,5-6,8-9H2,1-4H3. The lowest BCUT2D eigenvalue weighted by atomic mass is 9.79. The lowest BCUT2D eigenvalue weighted by molar-refractivity contribution is 0.178. The molecule has 1 aliphatic rings. The van der Waals surface area contributed by atoms with Gasteiger partial charge in [0.25, 0.3) is 0 Å². The Labute approximate surface area is 99.9 Å². The van der Waals surface area contributed by atoms with Crippen LogP contribution in [0, 0.1) is 23.2 Å². The van der Waals surface area contributed by atoms with Crippen LogP contribution >= 0.6 is 0 Å². The van der Waals surface area contributed by atoms with E-state index in [9.17, 15) is 5.26 Å². The monoisotopic (exact) mass is 220 g/mol. The molecule has 0 radical (unpaired) electrons. The van der Waals surface area contributed by atoms with Gasteiger partial charge in [0.15, 0.2) is 0 Å². The molecule has 3 atom stereocenters. The van der Waals surface area contributed by atoms with E-state index >= 15 is 0 Å². The fourth-order valence-electron chi connectivity index (χ4n) is 2.94. The number of rotatable bonds is 4. The summed E-state index contributed by atoms with van der Waals surface area (Å²) in [6, 6.07) is 2.61. The van der Waals surface area contributed by atoms with Crippen molar-refractivity contribution in [3.8, 4) is 6.07 Å². The number of hydrogen-bond acceptors (Lipinski definition) is 2. The quantitative estimate of drug-likeness (QED) is 0.680. The second-order valence-corrected chi connectivity index (χ2v) is 4.99. The highest BCUT2D eigenvalue weighted by atomic mass is 15.1. The molecular formula is C14H24N2. The lowest BCUT2D eigenvalue weighted by Gasteiger charge is -2.34. The molecule has 2 nitrogen and oxygen atoms in total. The molecule has 0 amide bonds. The molecule has 0 aromatic heterocycles. The van der Waals surface area contributed by atoms with Gasteiger partial charge in [-0.3, -0.25) is 4.90 Å². The van der Waals surface area contributed by atoms with Crippen LogP contribution in [-0.2, 0) is 0 Å². The van der Waals surface area contributed by atoms with Crippen LogP contribution in [0.3, 0.4) is 0 Å². The minimum atomic E-state index is 0.0982. The van der Waals surface area contributed by atoms with Crippen molar-refractivity contribution >= 4 is 0 Å². The molecule has 16 heavy (non-hydrogen) atoms. The molecule has 0 aliphatic heterocycles. The van der Waals surface area contributed by atoms with Gasteiger partial charge >= 0.3 is 0 Å². The maximum absolute atomic E-state index is 9.37. The largest absolute Gasteiger partial charge is 0.288 e. The van der Waals surface area contributed by atoms with Crippen molar-refractivity contribution < 1.29 is 0 Å². The van der Waals surface area contributed by atoms with Crippen LogP contribution in [0.2, 0.25) is 0 Å². The van der Waals surface area contributed by atoms with Crippen molar-refractivity contribution in [1.82, 2.24) is 4.90 Å². The van der Waals surface area contributed by atoms with Gasteiger partial charge in [0.05, 0.1) is 6.07 Å². The van der Waals surface area contributed by atoms with E-state index < -0.39 is 0 Å². The number of allylic oxidation sites excluding steroid dienone is 2. The van der Waals surface area contributed by atoms with E-state index in [0.717, 1.165) is 25.9 Å². The van der Waals surface area contributed by atoms with Crippen molar-refractivity contribution in [2.75, 3.05) is 13.1 Å². The Morgan fingerprint density at radius 3 is 2.56 bits per heavy atom. The van der Waals surface area contributed by atoms with E-state index in [0.29, 0.717) is 11.8 Å². The number of hydrogen-bond donors (Lipinski definition) is 0. The third-order valence-corrected chi connectivity index (χ3v) is 3.61. The summed E-state index contributed by atoms with van der Waals surface area (Å²) < 4.78 is 0. The first-order valence-electron chi connectivity index (χ1n) is 6.43. The van der Waals surface area contributed by atoms with Crippen molar-refractivity contribution in [3.05, 3.63) is 11.6 Å². The summed E-state index contributed by atoms with van der Waals surface area (Å²) in [6.45, 7) is 10.7. The van der Waals surface area contributed by atoms with Crippen molar-refractivity contribution in [2.24, 2.45) is 11.8 Å². The maximum atomic E-state index is 9.37. The molecule has 0 aromatic carbocycles. The molecular weight excluding hydrogens is 196 g/mol. The molecule has 90 valence electrons. The van der Waals surface area contributed by atoms with E-state index in [2.05, 4.69) is 44.7 Å². The normalized spacial score (nSPS) is 27.4. The zero-order chi connectivity index (χ0) is 12.1. The van der Waals surface area contributed by atoms with Gasteiger partial charge < -0.3 is 0 Å². The SMILES string of the molecule is CCN(CC)C(C#N)C1CC(C)=CC(C)C1. The van der Waals surface area contributed by atoms with Gasteiger partial charge in [0, 0.05) is 0 Å². The summed E-state index contributed by atoms with van der Waals surface area (Å²) in [6.07, 6.45) is 4.61. The van der Waals surface area contributed by atoms with Crippen LogP contribution in [-0.4, -0.2) is 24.0 Å². The summed E-state index contributed by atoms with van der Waals surface area (Å²) in [7, 11) is 0. The predicted molar refractivity (Wildman–Crippen MR) is 68.0 cm³/mol. The zero-order valence-corrected chi connectivity index (χ0v) is 11.0. The second-order valence-electron chi connectivity index (χ2n) is 4.99. The molecule has 3 unspecified atom stereocenters. The molecule has 0 N–H and O–H groups in total. The first-order valence-corrected chi connectivity index (χ1v) is 6.43. The number of nitriles is 1. The van der Waals surface area contributed by atoms with Gasteiger partial charge in [0.2, 0.25) is 0 Å². The molecule has 0 aromatic rings. The zero-order valence-electron chi connectivity index (χ0n) is 11.0. The number of nitrogens with zero attached hydrogens (tertiary/aromatic N) is 2. The molecule has 0 spiro atoms. The molecule has 0 saturated carbocycles. The fourth-order valence-corrected chi connectivity index (χ4v) is 2.94. The average molecular weight is 220 g/mol. The maximum Gasteiger partial charge on any atom is 0.101 e. The Bertz CT molecular complexity index is 284. The van der Waals surface area contributed by atoms with E-state index in [1.54, 1.807) is 0 Å². The fraction of sp³-hybridized carbons (Fsp3) is 0.786. The van der Waals surface area contributed by atoms with Gasteiger partial charge in [-0.1, -0.05) is 32.4 Å². The van der Waals surface area contributed by atoms with E-state index in [1.165, 1.54) is 5.57 Å². The van der Waals surface area contributed by atoms with Crippen LogP contribution in [0.15, 0.2) is 11.6 Å². The molecule has 1 rings (SSSR count). The Hall–Kier alpha value is -0.810. The highest BCUT2D eigenvalue weighted by Crippen LogP contribution is 2.31. The molecule has 1 aliphatic carbocycles. The Balaban J connectivity index is 2.75. The molecule has 0 saturated heterocycles.